The highest BCUT2D eigenvalue weighted by atomic mass is 35.5. The summed E-state index contributed by atoms with van der Waals surface area (Å²) in [6.07, 6.45) is 2.08. The fraction of sp³-hybridized carbons (Fsp3) is 0.440. The number of hydrogen-bond acceptors (Lipinski definition) is 3. The quantitative estimate of drug-likeness (QED) is 0.328. The van der Waals surface area contributed by atoms with Crippen molar-refractivity contribution in [2.24, 2.45) is 0 Å². The minimum absolute atomic E-state index is 0.0289. The number of ether oxygens (including phenoxy) is 1. The summed E-state index contributed by atoms with van der Waals surface area (Å²) in [6.45, 7) is 6.50. The monoisotopic (exact) mass is 512 g/mol. The Hall–Kier alpha value is -1.95. The SMILES string of the molecule is CC[C@@H](C)NC(=O)[C@H](CC)N(Cc1ccc(Cl)c(Cl)c1)C(=O)CCCOc1ccc(Cl)cc1. The first kappa shape index (κ1) is 27.3. The van der Waals surface area contributed by atoms with Crippen LogP contribution in [0.15, 0.2) is 42.5 Å². The molecule has 0 bridgehead atoms. The lowest BCUT2D eigenvalue weighted by Crippen LogP contribution is -2.50. The Morgan fingerprint density at radius 2 is 1.70 bits per heavy atom. The predicted octanol–water partition coefficient (Wildman–Crippen LogP) is 6.53. The Labute approximate surface area is 211 Å². The zero-order chi connectivity index (χ0) is 24.4. The lowest BCUT2D eigenvalue weighted by molar-refractivity contribution is -0.141. The maximum atomic E-state index is 13.2. The van der Waals surface area contributed by atoms with Gasteiger partial charge in [-0.25, -0.2) is 0 Å². The molecule has 2 aromatic carbocycles. The lowest BCUT2D eigenvalue weighted by atomic mass is 10.1. The average Bonchev–Trinajstić information content (AvgIpc) is 2.79. The number of hydrogen-bond donors (Lipinski definition) is 1. The van der Waals surface area contributed by atoms with Crippen molar-refractivity contribution >= 4 is 46.6 Å². The Morgan fingerprint density at radius 3 is 2.30 bits per heavy atom. The minimum Gasteiger partial charge on any atom is -0.494 e. The standard InChI is InChI=1S/C25H31Cl3N2O3/c1-4-17(3)29-25(32)23(5-2)30(16-18-8-13-21(27)22(28)15-18)24(31)7-6-14-33-20-11-9-19(26)10-12-20/h8-13,15,17,23H,4-7,14,16H2,1-3H3,(H,29,32)/t17-,23+/m1/s1. The highest BCUT2D eigenvalue weighted by Crippen LogP contribution is 2.24. The smallest absolute Gasteiger partial charge is 0.243 e. The van der Waals surface area contributed by atoms with E-state index >= 15 is 0 Å². The van der Waals surface area contributed by atoms with Crippen LogP contribution in [-0.4, -0.2) is 35.4 Å². The number of carbonyl (C=O) groups excluding carboxylic acids is 2. The highest BCUT2D eigenvalue weighted by molar-refractivity contribution is 6.42. The van der Waals surface area contributed by atoms with Gasteiger partial charge < -0.3 is 15.0 Å². The zero-order valence-corrected chi connectivity index (χ0v) is 21.5. The van der Waals surface area contributed by atoms with Crippen molar-refractivity contribution in [2.45, 2.75) is 65.1 Å². The summed E-state index contributed by atoms with van der Waals surface area (Å²) in [4.78, 5) is 27.8. The van der Waals surface area contributed by atoms with Gasteiger partial charge in [-0.2, -0.15) is 0 Å². The molecule has 8 heteroatoms. The first-order valence-electron chi connectivity index (χ1n) is 11.2. The molecule has 0 spiro atoms. The predicted molar refractivity (Wildman–Crippen MR) is 135 cm³/mol. The van der Waals surface area contributed by atoms with Crippen molar-refractivity contribution in [3.8, 4) is 5.75 Å². The molecule has 0 fully saturated rings. The van der Waals surface area contributed by atoms with E-state index in [1.54, 1.807) is 41.3 Å². The van der Waals surface area contributed by atoms with E-state index in [0.29, 0.717) is 40.3 Å². The van der Waals surface area contributed by atoms with Crippen LogP contribution >= 0.6 is 34.8 Å². The van der Waals surface area contributed by atoms with Gasteiger partial charge in [-0.3, -0.25) is 9.59 Å². The molecular formula is C25H31Cl3N2O3. The van der Waals surface area contributed by atoms with Gasteiger partial charge in [-0.05, 0) is 68.1 Å². The molecule has 0 aliphatic heterocycles. The molecule has 5 nitrogen and oxygen atoms in total. The summed E-state index contributed by atoms with van der Waals surface area (Å²) < 4.78 is 5.70. The third-order valence-electron chi connectivity index (χ3n) is 5.34. The van der Waals surface area contributed by atoms with Crippen molar-refractivity contribution in [3.63, 3.8) is 0 Å². The fourth-order valence-electron chi connectivity index (χ4n) is 3.28. The Morgan fingerprint density at radius 1 is 1.00 bits per heavy atom. The first-order valence-corrected chi connectivity index (χ1v) is 12.3. The number of carbonyl (C=O) groups is 2. The van der Waals surface area contributed by atoms with Gasteiger partial charge in [0.15, 0.2) is 0 Å². The van der Waals surface area contributed by atoms with Crippen LogP contribution in [0.1, 0.15) is 52.0 Å². The summed E-state index contributed by atoms with van der Waals surface area (Å²) in [6, 6.07) is 11.8. The van der Waals surface area contributed by atoms with Gasteiger partial charge in [0.2, 0.25) is 11.8 Å². The van der Waals surface area contributed by atoms with Crippen LogP contribution in [0.2, 0.25) is 15.1 Å². The summed E-state index contributed by atoms with van der Waals surface area (Å²) in [5.74, 6) is 0.420. The molecule has 2 aromatic rings. The van der Waals surface area contributed by atoms with Gasteiger partial charge in [-0.1, -0.05) is 54.7 Å². The average molecular weight is 514 g/mol. The Balaban J connectivity index is 2.09. The molecule has 2 amide bonds. The summed E-state index contributed by atoms with van der Waals surface area (Å²) >= 11 is 18.1. The molecule has 0 aliphatic rings. The van der Waals surface area contributed by atoms with E-state index in [2.05, 4.69) is 5.32 Å². The Bertz CT molecular complexity index is 922. The molecule has 1 N–H and O–H groups in total. The number of amides is 2. The molecular weight excluding hydrogens is 483 g/mol. The molecule has 0 heterocycles. The van der Waals surface area contributed by atoms with Crippen molar-refractivity contribution < 1.29 is 14.3 Å². The summed E-state index contributed by atoms with van der Waals surface area (Å²) in [5.41, 5.74) is 0.810. The third-order valence-corrected chi connectivity index (χ3v) is 6.33. The van der Waals surface area contributed by atoms with Crippen LogP contribution in [0.25, 0.3) is 0 Å². The minimum atomic E-state index is -0.585. The number of nitrogens with zero attached hydrogens (tertiary/aromatic N) is 1. The van der Waals surface area contributed by atoms with E-state index in [0.717, 1.165) is 12.0 Å². The van der Waals surface area contributed by atoms with E-state index in [1.807, 2.05) is 26.8 Å². The van der Waals surface area contributed by atoms with Gasteiger partial charge in [-0.15, -0.1) is 0 Å². The van der Waals surface area contributed by atoms with E-state index in [9.17, 15) is 9.59 Å². The van der Waals surface area contributed by atoms with E-state index < -0.39 is 6.04 Å². The van der Waals surface area contributed by atoms with Gasteiger partial charge >= 0.3 is 0 Å². The van der Waals surface area contributed by atoms with Gasteiger partial charge in [0, 0.05) is 24.0 Å². The molecule has 2 atom stereocenters. The van der Waals surface area contributed by atoms with Gasteiger partial charge in [0.1, 0.15) is 11.8 Å². The maximum Gasteiger partial charge on any atom is 0.243 e. The van der Waals surface area contributed by atoms with Crippen molar-refractivity contribution in [1.82, 2.24) is 10.2 Å². The van der Waals surface area contributed by atoms with Crippen LogP contribution in [-0.2, 0) is 16.1 Å². The largest absolute Gasteiger partial charge is 0.494 e. The van der Waals surface area contributed by atoms with Gasteiger partial charge in [0.25, 0.3) is 0 Å². The highest BCUT2D eigenvalue weighted by Gasteiger charge is 2.29. The number of halogens is 3. The van der Waals surface area contributed by atoms with Crippen LogP contribution in [0.5, 0.6) is 5.75 Å². The van der Waals surface area contributed by atoms with E-state index in [4.69, 9.17) is 39.5 Å². The molecule has 0 aliphatic carbocycles. The molecule has 33 heavy (non-hydrogen) atoms. The first-order chi connectivity index (χ1) is 15.7. The van der Waals surface area contributed by atoms with Gasteiger partial charge in [0.05, 0.1) is 16.7 Å². The number of rotatable bonds is 12. The second-order valence-corrected chi connectivity index (χ2v) is 9.17. The second-order valence-electron chi connectivity index (χ2n) is 7.92. The van der Waals surface area contributed by atoms with Crippen LogP contribution in [0.3, 0.4) is 0 Å². The normalized spacial score (nSPS) is 12.7. The number of nitrogens with one attached hydrogen (secondary N) is 1. The van der Waals surface area contributed by atoms with Crippen molar-refractivity contribution in [1.29, 1.82) is 0 Å². The Kier molecular flexibility index (Phi) is 11.3. The molecule has 0 saturated heterocycles. The number of benzene rings is 2. The molecule has 0 unspecified atom stereocenters. The summed E-state index contributed by atoms with van der Waals surface area (Å²) in [5, 5.41) is 4.49. The van der Waals surface area contributed by atoms with E-state index in [-0.39, 0.29) is 30.8 Å². The topological polar surface area (TPSA) is 58.6 Å². The van der Waals surface area contributed by atoms with E-state index in [1.165, 1.54) is 0 Å². The summed E-state index contributed by atoms with van der Waals surface area (Å²) in [7, 11) is 0. The lowest BCUT2D eigenvalue weighted by Gasteiger charge is -2.31. The zero-order valence-electron chi connectivity index (χ0n) is 19.2. The van der Waals surface area contributed by atoms with Crippen molar-refractivity contribution in [2.75, 3.05) is 6.61 Å². The molecule has 0 radical (unpaired) electrons. The van der Waals surface area contributed by atoms with Crippen LogP contribution in [0.4, 0.5) is 0 Å². The van der Waals surface area contributed by atoms with Crippen molar-refractivity contribution in [3.05, 3.63) is 63.1 Å². The fourth-order valence-corrected chi connectivity index (χ4v) is 3.73. The molecule has 0 saturated carbocycles. The van der Waals surface area contributed by atoms with Crippen LogP contribution in [0, 0.1) is 0 Å². The molecule has 180 valence electrons. The maximum absolute atomic E-state index is 13.2. The second kappa shape index (κ2) is 13.7. The molecule has 2 rings (SSSR count). The van der Waals surface area contributed by atoms with Crippen LogP contribution < -0.4 is 10.1 Å². The third kappa shape index (κ3) is 8.73. The molecule has 0 aromatic heterocycles.